The van der Waals surface area contributed by atoms with Gasteiger partial charge >= 0.3 is 0 Å². The molecular formula is C17H14FN3O3. The van der Waals surface area contributed by atoms with Gasteiger partial charge in [0.1, 0.15) is 11.6 Å². The highest BCUT2D eigenvalue weighted by Gasteiger charge is 2.16. The van der Waals surface area contributed by atoms with Crippen LogP contribution in [-0.4, -0.2) is 24.1 Å². The smallest absolute Gasteiger partial charge is 0.274 e. The van der Waals surface area contributed by atoms with E-state index in [4.69, 9.17) is 4.74 Å². The molecular weight excluding hydrogens is 313 g/mol. The largest absolute Gasteiger partial charge is 0.482 e. The number of anilines is 1. The number of hydrogen-bond acceptors (Lipinski definition) is 4. The van der Waals surface area contributed by atoms with Gasteiger partial charge in [0.05, 0.1) is 17.0 Å². The van der Waals surface area contributed by atoms with E-state index in [1.54, 1.807) is 31.2 Å². The maximum atomic E-state index is 13.5. The van der Waals surface area contributed by atoms with Crippen molar-refractivity contribution in [3.63, 3.8) is 0 Å². The topological polar surface area (TPSA) is 79.8 Å². The van der Waals surface area contributed by atoms with Gasteiger partial charge in [-0.3, -0.25) is 9.59 Å². The van der Waals surface area contributed by atoms with E-state index in [0.717, 1.165) is 0 Å². The second-order valence-electron chi connectivity index (χ2n) is 5.17. The van der Waals surface area contributed by atoms with Gasteiger partial charge in [0.15, 0.2) is 6.61 Å². The Morgan fingerprint density at radius 2 is 2.08 bits per heavy atom. The van der Waals surface area contributed by atoms with Gasteiger partial charge in [0.2, 0.25) is 0 Å². The highest BCUT2D eigenvalue weighted by atomic mass is 19.1. The lowest BCUT2D eigenvalue weighted by molar-refractivity contribution is -0.118. The highest BCUT2D eigenvalue weighted by molar-refractivity contribution is 6.03. The molecule has 0 unspecified atom stereocenters. The SMILES string of the molecule is C/C(=N/NC(=O)c1ccccc1F)c1ccc2c(c1)NC(=O)CO2. The van der Waals surface area contributed by atoms with Crippen LogP contribution in [0.25, 0.3) is 0 Å². The molecule has 0 atom stereocenters. The number of rotatable bonds is 3. The second-order valence-corrected chi connectivity index (χ2v) is 5.17. The third-order valence-electron chi connectivity index (χ3n) is 3.47. The average Bonchev–Trinajstić information content (AvgIpc) is 2.59. The number of hydrazone groups is 1. The molecule has 0 aromatic heterocycles. The van der Waals surface area contributed by atoms with Crippen molar-refractivity contribution in [3.8, 4) is 5.75 Å². The van der Waals surface area contributed by atoms with Crippen molar-refractivity contribution >= 4 is 23.2 Å². The molecule has 122 valence electrons. The summed E-state index contributed by atoms with van der Waals surface area (Å²) in [6.45, 7) is 1.67. The van der Waals surface area contributed by atoms with Crippen LogP contribution in [0.5, 0.6) is 5.75 Å². The lowest BCUT2D eigenvalue weighted by Gasteiger charge is -2.18. The first-order chi connectivity index (χ1) is 11.5. The number of amides is 2. The van der Waals surface area contributed by atoms with Crippen molar-refractivity contribution in [2.24, 2.45) is 5.10 Å². The molecule has 2 N–H and O–H groups in total. The van der Waals surface area contributed by atoms with Crippen molar-refractivity contribution in [2.45, 2.75) is 6.92 Å². The van der Waals surface area contributed by atoms with Gasteiger partial charge in [-0.25, -0.2) is 9.82 Å². The normalized spacial score (nSPS) is 13.6. The van der Waals surface area contributed by atoms with Crippen molar-refractivity contribution in [1.29, 1.82) is 0 Å². The van der Waals surface area contributed by atoms with E-state index >= 15 is 0 Å². The Hall–Kier alpha value is -3.22. The Labute approximate surface area is 137 Å². The quantitative estimate of drug-likeness (QED) is 0.670. The third kappa shape index (κ3) is 3.24. The van der Waals surface area contributed by atoms with E-state index in [-0.39, 0.29) is 18.1 Å². The lowest BCUT2D eigenvalue weighted by atomic mass is 10.1. The molecule has 3 rings (SSSR count). The lowest BCUT2D eigenvalue weighted by Crippen LogP contribution is -2.25. The Kier molecular flexibility index (Phi) is 4.24. The zero-order chi connectivity index (χ0) is 17.1. The first-order valence-electron chi connectivity index (χ1n) is 7.21. The number of hydrogen-bond donors (Lipinski definition) is 2. The number of ether oxygens (including phenoxy) is 1. The molecule has 2 aromatic rings. The van der Waals surface area contributed by atoms with Crippen LogP contribution in [0.3, 0.4) is 0 Å². The number of benzene rings is 2. The van der Waals surface area contributed by atoms with Crippen LogP contribution >= 0.6 is 0 Å². The van der Waals surface area contributed by atoms with E-state index in [2.05, 4.69) is 15.8 Å². The molecule has 0 saturated heterocycles. The maximum absolute atomic E-state index is 13.5. The molecule has 0 saturated carbocycles. The van der Waals surface area contributed by atoms with Gasteiger partial charge in [0.25, 0.3) is 11.8 Å². The predicted molar refractivity (Wildman–Crippen MR) is 86.6 cm³/mol. The van der Waals surface area contributed by atoms with E-state index in [1.807, 2.05) is 0 Å². The number of carbonyl (C=O) groups excluding carboxylic acids is 2. The summed E-state index contributed by atoms with van der Waals surface area (Å²) in [6, 6.07) is 10.8. The molecule has 24 heavy (non-hydrogen) atoms. The molecule has 0 bridgehead atoms. The summed E-state index contributed by atoms with van der Waals surface area (Å²) in [5, 5.41) is 6.67. The van der Waals surface area contributed by atoms with Gasteiger partial charge in [-0.15, -0.1) is 0 Å². The fourth-order valence-corrected chi connectivity index (χ4v) is 2.21. The van der Waals surface area contributed by atoms with Crippen molar-refractivity contribution in [1.82, 2.24) is 5.43 Å². The van der Waals surface area contributed by atoms with Crippen LogP contribution < -0.4 is 15.5 Å². The molecule has 0 aliphatic carbocycles. The first kappa shape index (κ1) is 15.7. The summed E-state index contributed by atoms with van der Waals surface area (Å²) in [4.78, 5) is 23.3. The van der Waals surface area contributed by atoms with Gasteiger partial charge in [-0.2, -0.15) is 5.10 Å². The van der Waals surface area contributed by atoms with E-state index in [9.17, 15) is 14.0 Å². The van der Waals surface area contributed by atoms with Gasteiger partial charge in [0, 0.05) is 0 Å². The second kappa shape index (κ2) is 6.49. The molecule has 0 spiro atoms. The van der Waals surface area contributed by atoms with Crippen LogP contribution in [0.4, 0.5) is 10.1 Å². The van der Waals surface area contributed by atoms with Gasteiger partial charge in [-0.1, -0.05) is 12.1 Å². The minimum Gasteiger partial charge on any atom is -0.482 e. The van der Waals surface area contributed by atoms with Crippen LogP contribution in [-0.2, 0) is 4.79 Å². The molecule has 7 heteroatoms. The summed E-state index contributed by atoms with van der Waals surface area (Å²) in [7, 11) is 0. The highest BCUT2D eigenvalue weighted by Crippen LogP contribution is 2.28. The van der Waals surface area contributed by atoms with Gasteiger partial charge < -0.3 is 10.1 Å². The van der Waals surface area contributed by atoms with Crippen LogP contribution in [0.15, 0.2) is 47.6 Å². The third-order valence-corrected chi connectivity index (χ3v) is 3.47. The minimum atomic E-state index is -0.637. The van der Waals surface area contributed by atoms with E-state index < -0.39 is 11.7 Å². The fourth-order valence-electron chi connectivity index (χ4n) is 2.21. The summed E-state index contributed by atoms with van der Waals surface area (Å²) < 4.78 is 18.8. The Bertz CT molecular complexity index is 849. The average molecular weight is 327 g/mol. The van der Waals surface area contributed by atoms with Crippen molar-refractivity contribution in [2.75, 3.05) is 11.9 Å². The monoisotopic (exact) mass is 327 g/mol. The summed E-state index contributed by atoms with van der Waals surface area (Å²) in [6.07, 6.45) is 0. The van der Waals surface area contributed by atoms with Crippen molar-refractivity contribution < 1.29 is 18.7 Å². The summed E-state index contributed by atoms with van der Waals surface area (Å²) in [5.74, 6) is -0.915. The molecule has 2 aromatic carbocycles. The van der Waals surface area contributed by atoms with Gasteiger partial charge in [-0.05, 0) is 42.8 Å². The molecule has 1 aliphatic rings. The molecule has 1 heterocycles. The van der Waals surface area contributed by atoms with Crippen LogP contribution in [0, 0.1) is 5.82 Å². The van der Waals surface area contributed by atoms with Crippen LogP contribution in [0.1, 0.15) is 22.8 Å². The van der Waals surface area contributed by atoms with E-state index in [0.29, 0.717) is 22.7 Å². The summed E-state index contributed by atoms with van der Waals surface area (Å²) in [5.41, 5.74) is 3.97. The van der Waals surface area contributed by atoms with Crippen molar-refractivity contribution in [3.05, 3.63) is 59.4 Å². The Morgan fingerprint density at radius 1 is 1.29 bits per heavy atom. The number of carbonyl (C=O) groups is 2. The zero-order valence-corrected chi connectivity index (χ0v) is 12.8. The first-order valence-corrected chi connectivity index (χ1v) is 7.21. The zero-order valence-electron chi connectivity index (χ0n) is 12.8. The Balaban J connectivity index is 1.77. The molecule has 6 nitrogen and oxygen atoms in total. The minimum absolute atomic E-state index is 0.0158. The molecule has 1 aliphatic heterocycles. The molecule has 0 radical (unpaired) electrons. The molecule has 2 amide bonds. The fraction of sp³-hybridized carbons (Fsp3) is 0.118. The molecule has 0 fully saturated rings. The number of fused-ring (bicyclic) bond motifs is 1. The maximum Gasteiger partial charge on any atom is 0.274 e. The van der Waals surface area contributed by atoms with Crippen LogP contribution in [0.2, 0.25) is 0 Å². The number of nitrogens with one attached hydrogen (secondary N) is 2. The standard InChI is InChI=1S/C17H14FN3O3/c1-10(20-21-17(23)12-4-2-3-5-13(12)18)11-6-7-15-14(8-11)19-16(22)9-24-15/h2-8H,9H2,1H3,(H,19,22)(H,21,23)/b20-10-. The number of nitrogens with zero attached hydrogens (tertiary/aromatic N) is 1. The Morgan fingerprint density at radius 3 is 2.88 bits per heavy atom. The predicted octanol–water partition coefficient (Wildman–Crippen LogP) is 2.31. The summed E-state index contributed by atoms with van der Waals surface area (Å²) >= 11 is 0. The number of halogens is 1. The van der Waals surface area contributed by atoms with E-state index in [1.165, 1.54) is 18.2 Å².